The summed E-state index contributed by atoms with van der Waals surface area (Å²) in [5.74, 6) is 0.577. The van der Waals surface area contributed by atoms with E-state index >= 15 is 0 Å². The van der Waals surface area contributed by atoms with Gasteiger partial charge in [0.2, 0.25) is 0 Å². The molecule has 0 aliphatic carbocycles. The fourth-order valence-corrected chi connectivity index (χ4v) is 2.27. The van der Waals surface area contributed by atoms with Gasteiger partial charge in [0.1, 0.15) is 0 Å². The van der Waals surface area contributed by atoms with Crippen molar-refractivity contribution in [2.75, 3.05) is 20.1 Å². The maximum absolute atomic E-state index is 6.14. The molecule has 0 unspecified atom stereocenters. The van der Waals surface area contributed by atoms with Gasteiger partial charge in [-0.15, -0.1) is 0 Å². The normalized spacial score (nSPS) is 27.9. The van der Waals surface area contributed by atoms with E-state index in [0.717, 1.165) is 25.9 Å². The van der Waals surface area contributed by atoms with Crippen molar-refractivity contribution in [2.24, 2.45) is 11.7 Å². The van der Waals surface area contributed by atoms with E-state index < -0.39 is 0 Å². The largest absolute Gasteiger partial charge is 0.327 e. The Bertz CT molecular complexity index is 299. The lowest BCUT2D eigenvalue weighted by Crippen LogP contribution is -2.46. The predicted octanol–water partition coefficient (Wildman–Crippen LogP) is 0.903. The molecule has 3 nitrogen and oxygen atoms in total. The molecule has 2 heterocycles. The van der Waals surface area contributed by atoms with Crippen molar-refractivity contribution in [2.45, 2.75) is 18.9 Å². The average Bonchev–Trinajstić information content (AvgIpc) is 2.25. The Morgan fingerprint density at radius 2 is 2.47 bits per heavy atom. The van der Waals surface area contributed by atoms with Crippen LogP contribution in [0.3, 0.4) is 0 Å². The number of nitrogens with zero attached hydrogens (tertiary/aromatic N) is 2. The van der Waals surface area contributed by atoms with E-state index in [2.05, 4.69) is 23.0 Å². The van der Waals surface area contributed by atoms with Crippen LogP contribution in [0.25, 0.3) is 0 Å². The lowest BCUT2D eigenvalue weighted by molar-refractivity contribution is 0.185. The lowest BCUT2D eigenvalue weighted by atomic mass is 9.88. The first-order valence-corrected chi connectivity index (χ1v) is 5.59. The minimum absolute atomic E-state index is 0.349. The molecular weight excluding hydrogens is 186 g/mol. The SMILES string of the molecule is CN1CC[C@@H](N)[C@H](Cc2cccnc2)C1. The van der Waals surface area contributed by atoms with Crippen LogP contribution in [0.5, 0.6) is 0 Å². The van der Waals surface area contributed by atoms with Crippen molar-refractivity contribution >= 4 is 0 Å². The van der Waals surface area contributed by atoms with E-state index in [1.54, 1.807) is 0 Å². The highest BCUT2D eigenvalue weighted by Gasteiger charge is 2.24. The summed E-state index contributed by atoms with van der Waals surface area (Å²) in [6.07, 6.45) is 5.93. The minimum atomic E-state index is 0.349. The molecule has 2 N–H and O–H groups in total. The summed E-state index contributed by atoms with van der Waals surface area (Å²) in [7, 11) is 2.17. The molecule has 0 spiro atoms. The number of pyridine rings is 1. The van der Waals surface area contributed by atoms with Gasteiger partial charge in [-0.2, -0.15) is 0 Å². The Kier molecular flexibility index (Phi) is 3.34. The zero-order valence-electron chi connectivity index (χ0n) is 9.26. The van der Waals surface area contributed by atoms with Crippen LogP contribution in [-0.2, 0) is 6.42 Å². The molecule has 2 atom stereocenters. The highest BCUT2D eigenvalue weighted by atomic mass is 15.1. The number of piperidine rings is 1. The Morgan fingerprint density at radius 3 is 3.20 bits per heavy atom. The van der Waals surface area contributed by atoms with Gasteiger partial charge in [0.15, 0.2) is 0 Å². The van der Waals surface area contributed by atoms with Gasteiger partial charge in [-0.25, -0.2) is 0 Å². The zero-order valence-corrected chi connectivity index (χ0v) is 9.26. The van der Waals surface area contributed by atoms with E-state index in [1.165, 1.54) is 5.56 Å². The standard InChI is InChI=1S/C12H19N3/c1-15-6-4-12(13)11(9-15)7-10-3-2-5-14-8-10/h2-3,5,8,11-12H,4,6-7,9,13H2,1H3/t11-,12-/m1/s1. The summed E-state index contributed by atoms with van der Waals surface area (Å²) in [5.41, 5.74) is 7.44. The van der Waals surface area contributed by atoms with Gasteiger partial charge in [0, 0.05) is 25.0 Å². The average molecular weight is 205 g/mol. The lowest BCUT2D eigenvalue weighted by Gasteiger charge is -2.34. The molecule has 0 amide bonds. The highest BCUT2D eigenvalue weighted by Crippen LogP contribution is 2.18. The second-order valence-corrected chi connectivity index (χ2v) is 4.54. The molecule has 82 valence electrons. The Labute approximate surface area is 91.3 Å². The fraction of sp³-hybridized carbons (Fsp3) is 0.583. The maximum Gasteiger partial charge on any atom is 0.0299 e. The van der Waals surface area contributed by atoms with Gasteiger partial charge in [-0.1, -0.05) is 6.07 Å². The molecule has 1 fully saturated rings. The second-order valence-electron chi connectivity index (χ2n) is 4.54. The molecule has 1 aliphatic rings. The number of hydrogen-bond donors (Lipinski definition) is 1. The Balaban J connectivity index is 1.98. The van der Waals surface area contributed by atoms with Gasteiger partial charge in [-0.3, -0.25) is 4.98 Å². The summed E-state index contributed by atoms with van der Waals surface area (Å²) in [5, 5.41) is 0. The Morgan fingerprint density at radius 1 is 1.60 bits per heavy atom. The van der Waals surface area contributed by atoms with Crippen molar-refractivity contribution in [3.05, 3.63) is 30.1 Å². The molecule has 3 heteroatoms. The first-order valence-electron chi connectivity index (χ1n) is 5.59. The molecule has 0 radical (unpaired) electrons. The van der Waals surface area contributed by atoms with Gasteiger partial charge in [-0.05, 0) is 44.0 Å². The van der Waals surface area contributed by atoms with Crippen molar-refractivity contribution in [3.8, 4) is 0 Å². The molecule has 0 saturated carbocycles. The number of aromatic nitrogens is 1. The highest BCUT2D eigenvalue weighted by molar-refractivity contribution is 5.10. The molecule has 1 aromatic rings. The van der Waals surface area contributed by atoms with Gasteiger partial charge < -0.3 is 10.6 Å². The van der Waals surface area contributed by atoms with Crippen molar-refractivity contribution < 1.29 is 0 Å². The van der Waals surface area contributed by atoms with E-state index in [4.69, 9.17) is 5.73 Å². The van der Waals surface area contributed by atoms with Crippen LogP contribution in [0, 0.1) is 5.92 Å². The third-order valence-electron chi connectivity index (χ3n) is 3.22. The molecule has 1 aromatic heterocycles. The van der Waals surface area contributed by atoms with E-state index in [9.17, 15) is 0 Å². The molecule has 1 saturated heterocycles. The molecule has 0 bridgehead atoms. The molecule has 2 rings (SSSR count). The van der Waals surface area contributed by atoms with E-state index in [1.807, 2.05) is 18.5 Å². The van der Waals surface area contributed by atoms with E-state index in [-0.39, 0.29) is 0 Å². The third kappa shape index (κ3) is 2.76. The van der Waals surface area contributed by atoms with Crippen LogP contribution >= 0.6 is 0 Å². The van der Waals surface area contributed by atoms with Crippen molar-refractivity contribution in [1.29, 1.82) is 0 Å². The quantitative estimate of drug-likeness (QED) is 0.780. The summed E-state index contributed by atoms with van der Waals surface area (Å²) < 4.78 is 0. The number of nitrogens with two attached hydrogens (primary N) is 1. The second kappa shape index (κ2) is 4.73. The van der Waals surface area contributed by atoms with Crippen LogP contribution in [0.2, 0.25) is 0 Å². The molecular formula is C12H19N3. The zero-order chi connectivity index (χ0) is 10.7. The smallest absolute Gasteiger partial charge is 0.0299 e. The van der Waals surface area contributed by atoms with Gasteiger partial charge in [0.25, 0.3) is 0 Å². The maximum atomic E-state index is 6.14. The van der Waals surface area contributed by atoms with E-state index in [0.29, 0.717) is 12.0 Å². The topological polar surface area (TPSA) is 42.1 Å². The molecule has 15 heavy (non-hydrogen) atoms. The van der Waals surface area contributed by atoms with Crippen molar-refractivity contribution in [3.63, 3.8) is 0 Å². The first kappa shape index (κ1) is 10.6. The summed E-state index contributed by atoms with van der Waals surface area (Å²) in [6.45, 7) is 2.24. The van der Waals surface area contributed by atoms with Gasteiger partial charge in [0.05, 0.1) is 0 Å². The minimum Gasteiger partial charge on any atom is -0.327 e. The van der Waals surface area contributed by atoms with Crippen LogP contribution in [0.4, 0.5) is 0 Å². The molecule has 0 aromatic carbocycles. The number of hydrogen-bond acceptors (Lipinski definition) is 3. The van der Waals surface area contributed by atoms with Crippen LogP contribution in [0.15, 0.2) is 24.5 Å². The third-order valence-corrected chi connectivity index (χ3v) is 3.22. The summed E-state index contributed by atoms with van der Waals surface area (Å²) in [4.78, 5) is 6.51. The van der Waals surface area contributed by atoms with Crippen molar-refractivity contribution in [1.82, 2.24) is 9.88 Å². The number of likely N-dealkylation sites (tertiary alicyclic amines) is 1. The summed E-state index contributed by atoms with van der Waals surface area (Å²) >= 11 is 0. The van der Waals surface area contributed by atoms with Crippen LogP contribution in [-0.4, -0.2) is 36.1 Å². The van der Waals surface area contributed by atoms with Crippen LogP contribution < -0.4 is 5.73 Å². The monoisotopic (exact) mass is 205 g/mol. The van der Waals surface area contributed by atoms with Crippen LogP contribution in [0.1, 0.15) is 12.0 Å². The number of rotatable bonds is 2. The Hall–Kier alpha value is -0.930. The molecule has 1 aliphatic heterocycles. The fourth-order valence-electron chi connectivity index (χ4n) is 2.27. The first-order chi connectivity index (χ1) is 7.25. The summed E-state index contributed by atoms with van der Waals surface area (Å²) in [6, 6.07) is 4.48. The predicted molar refractivity (Wildman–Crippen MR) is 61.5 cm³/mol. The van der Waals surface area contributed by atoms with Gasteiger partial charge >= 0.3 is 0 Å².